The van der Waals surface area contributed by atoms with Crippen LogP contribution in [0.3, 0.4) is 0 Å². The Labute approximate surface area is 173 Å². The minimum Gasteiger partial charge on any atom is -0.476 e. The zero-order valence-corrected chi connectivity index (χ0v) is 17.3. The van der Waals surface area contributed by atoms with Gasteiger partial charge >= 0.3 is 5.97 Å². The zero-order valence-electron chi connectivity index (χ0n) is 15.7. The average molecular weight is 420 g/mol. The third kappa shape index (κ3) is 6.05. The topological polar surface area (TPSA) is 82.5 Å². The van der Waals surface area contributed by atoms with Crippen molar-refractivity contribution in [2.45, 2.75) is 36.1 Å². The molecule has 1 aromatic carbocycles. The molecule has 1 aromatic heterocycles. The molecule has 1 unspecified atom stereocenters. The van der Waals surface area contributed by atoms with Gasteiger partial charge in [0.2, 0.25) is 5.91 Å². The van der Waals surface area contributed by atoms with Crippen LogP contribution in [0.4, 0.5) is 0 Å². The van der Waals surface area contributed by atoms with Gasteiger partial charge in [-0.2, -0.15) is 0 Å². The molecule has 2 aromatic rings. The number of hydrogen-bond acceptors (Lipinski definition) is 6. The highest BCUT2D eigenvalue weighted by molar-refractivity contribution is 8.01. The molecule has 0 saturated carbocycles. The smallest absolute Gasteiger partial charge is 0.355 e. The average Bonchev–Trinajstić information content (AvgIpc) is 3.30. The van der Waals surface area contributed by atoms with E-state index in [1.54, 1.807) is 5.38 Å². The van der Waals surface area contributed by atoms with Crippen LogP contribution >= 0.6 is 23.1 Å². The zero-order chi connectivity index (χ0) is 19.8. The molecule has 1 fully saturated rings. The Bertz CT molecular complexity index is 782. The number of carboxylic acids is 1. The predicted octanol–water partition coefficient (Wildman–Crippen LogP) is 3.15. The molecule has 0 spiro atoms. The number of likely N-dealkylation sites (tertiary alicyclic amines) is 1. The van der Waals surface area contributed by atoms with E-state index < -0.39 is 5.97 Å². The number of aryl methyl sites for hydroxylation is 1. The van der Waals surface area contributed by atoms with E-state index in [1.807, 2.05) is 11.0 Å². The van der Waals surface area contributed by atoms with Crippen molar-refractivity contribution in [1.82, 2.24) is 15.2 Å². The summed E-state index contributed by atoms with van der Waals surface area (Å²) in [4.78, 5) is 29.1. The third-order valence-corrected chi connectivity index (χ3v) is 6.76. The maximum atomic E-state index is 12.2. The van der Waals surface area contributed by atoms with E-state index in [1.165, 1.54) is 28.7 Å². The van der Waals surface area contributed by atoms with Crippen LogP contribution in [0.25, 0.3) is 0 Å². The molecule has 1 aliphatic heterocycles. The fraction of sp³-hybridized carbons (Fsp3) is 0.450. The molecule has 3 rings (SSSR count). The standard InChI is InChI=1S/C20H25N3O3S2/c24-18-9-8-16(13-21-10-4-7-15-5-2-1-3-6-15)23(18)11-12-27-20-22-17(14-28-20)19(25)26/h1-3,5-6,14,16,21H,4,7-13H2,(H,25,26). The van der Waals surface area contributed by atoms with Crippen molar-refractivity contribution < 1.29 is 14.7 Å². The number of carbonyl (C=O) groups excluding carboxylic acids is 1. The van der Waals surface area contributed by atoms with E-state index in [0.29, 0.717) is 13.0 Å². The quantitative estimate of drug-likeness (QED) is 0.430. The first kappa shape index (κ1) is 20.8. The second kappa shape index (κ2) is 10.6. The summed E-state index contributed by atoms with van der Waals surface area (Å²) in [5, 5.41) is 14.0. The van der Waals surface area contributed by atoms with Crippen LogP contribution in [0.1, 0.15) is 35.3 Å². The lowest BCUT2D eigenvalue weighted by Gasteiger charge is -2.25. The van der Waals surface area contributed by atoms with E-state index in [2.05, 4.69) is 34.6 Å². The van der Waals surface area contributed by atoms with Crippen LogP contribution in [0.5, 0.6) is 0 Å². The molecule has 2 N–H and O–H groups in total. The van der Waals surface area contributed by atoms with E-state index in [0.717, 1.165) is 42.4 Å². The summed E-state index contributed by atoms with van der Waals surface area (Å²) in [6.45, 7) is 2.44. The summed E-state index contributed by atoms with van der Waals surface area (Å²) in [5.41, 5.74) is 1.44. The molecule has 2 heterocycles. The van der Waals surface area contributed by atoms with E-state index in [9.17, 15) is 9.59 Å². The van der Waals surface area contributed by atoms with Crippen molar-refractivity contribution >= 4 is 35.0 Å². The Hall–Kier alpha value is -1.90. The Kier molecular flexibility index (Phi) is 7.88. The van der Waals surface area contributed by atoms with Crippen molar-refractivity contribution in [3.63, 3.8) is 0 Å². The molecule has 28 heavy (non-hydrogen) atoms. The minimum atomic E-state index is -1.00. The summed E-state index contributed by atoms with van der Waals surface area (Å²) >= 11 is 2.84. The van der Waals surface area contributed by atoms with Gasteiger partial charge in [0.1, 0.15) is 0 Å². The van der Waals surface area contributed by atoms with Gasteiger partial charge in [0.15, 0.2) is 10.0 Å². The van der Waals surface area contributed by atoms with Crippen LogP contribution in [-0.2, 0) is 11.2 Å². The van der Waals surface area contributed by atoms with E-state index in [-0.39, 0.29) is 17.6 Å². The number of thioether (sulfide) groups is 1. The summed E-state index contributed by atoms with van der Waals surface area (Å²) in [7, 11) is 0. The van der Waals surface area contributed by atoms with Gasteiger partial charge < -0.3 is 15.3 Å². The molecule has 1 saturated heterocycles. The number of aromatic carboxylic acids is 1. The molecule has 6 nitrogen and oxygen atoms in total. The number of nitrogens with zero attached hydrogens (tertiary/aromatic N) is 2. The number of carbonyl (C=O) groups is 2. The summed E-state index contributed by atoms with van der Waals surface area (Å²) in [6.07, 6.45) is 3.65. The van der Waals surface area contributed by atoms with Crippen molar-refractivity contribution in [1.29, 1.82) is 0 Å². The normalized spacial score (nSPS) is 16.6. The summed E-state index contributed by atoms with van der Waals surface area (Å²) in [6, 6.07) is 10.7. The molecular formula is C20H25N3O3S2. The first-order chi connectivity index (χ1) is 13.6. The number of amides is 1. The van der Waals surface area contributed by atoms with E-state index in [4.69, 9.17) is 5.11 Å². The molecule has 1 atom stereocenters. The van der Waals surface area contributed by atoms with Crippen LogP contribution < -0.4 is 5.32 Å². The molecular weight excluding hydrogens is 394 g/mol. The Balaban J connectivity index is 1.36. The van der Waals surface area contributed by atoms with Crippen LogP contribution in [0.2, 0.25) is 0 Å². The van der Waals surface area contributed by atoms with Gasteiger partial charge in [-0.15, -0.1) is 11.3 Å². The second-order valence-corrected chi connectivity index (χ2v) is 8.93. The van der Waals surface area contributed by atoms with Gasteiger partial charge in [0, 0.05) is 36.7 Å². The second-order valence-electron chi connectivity index (χ2n) is 6.73. The number of nitrogens with one attached hydrogen (secondary N) is 1. The number of thiazole rings is 1. The van der Waals surface area contributed by atoms with Crippen LogP contribution in [0.15, 0.2) is 40.1 Å². The van der Waals surface area contributed by atoms with Crippen molar-refractivity contribution in [3.8, 4) is 0 Å². The van der Waals surface area contributed by atoms with Gasteiger partial charge in [-0.1, -0.05) is 42.1 Å². The van der Waals surface area contributed by atoms with Crippen molar-refractivity contribution in [3.05, 3.63) is 47.0 Å². The number of rotatable bonds is 11. The monoisotopic (exact) mass is 419 g/mol. The molecule has 0 radical (unpaired) electrons. The maximum Gasteiger partial charge on any atom is 0.355 e. The molecule has 0 bridgehead atoms. The third-order valence-electron chi connectivity index (χ3n) is 4.75. The molecule has 1 amide bonds. The Morgan fingerprint density at radius 1 is 1.36 bits per heavy atom. The summed E-state index contributed by atoms with van der Waals surface area (Å²) in [5.74, 6) is -0.0682. The fourth-order valence-corrected chi connectivity index (χ4v) is 5.11. The highest BCUT2D eigenvalue weighted by Gasteiger charge is 2.30. The largest absolute Gasteiger partial charge is 0.476 e. The Morgan fingerprint density at radius 2 is 2.18 bits per heavy atom. The fourth-order valence-electron chi connectivity index (χ4n) is 3.30. The lowest BCUT2D eigenvalue weighted by molar-refractivity contribution is -0.128. The number of benzene rings is 1. The molecule has 8 heteroatoms. The van der Waals surface area contributed by atoms with Crippen molar-refractivity contribution in [2.75, 3.05) is 25.4 Å². The molecule has 1 aliphatic rings. The maximum absolute atomic E-state index is 12.2. The summed E-state index contributed by atoms with van der Waals surface area (Å²) < 4.78 is 0.736. The SMILES string of the molecule is O=C(O)c1csc(SCCN2C(=O)CCC2CNCCCc2ccccc2)n1. The first-order valence-electron chi connectivity index (χ1n) is 9.49. The highest BCUT2D eigenvalue weighted by Crippen LogP contribution is 2.24. The lowest BCUT2D eigenvalue weighted by Crippen LogP contribution is -2.41. The van der Waals surface area contributed by atoms with E-state index >= 15 is 0 Å². The number of aromatic nitrogens is 1. The van der Waals surface area contributed by atoms with Gasteiger partial charge in [0.25, 0.3) is 0 Å². The predicted molar refractivity (Wildman–Crippen MR) is 112 cm³/mol. The van der Waals surface area contributed by atoms with Crippen LogP contribution in [0, 0.1) is 0 Å². The molecule has 150 valence electrons. The minimum absolute atomic E-state index is 0.0855. The van der Waals surface area contributed by atoms with Crippen LogP contribution in [-0.4, -0.2) is 58.3 Å². The Morgan fingerprint density at radius 3 is 2.93 bits per heavy atom. The van der Waals surface area contributed by atoms with Gasteiger partial charge in [-0.3, -0.25) is 4.79 Å². The van der Waals surface area contributed by atoms with Gasteiger partial charge in [0.05, 0.1) is 0 Å². The lowest BCUT2D eigenvalue weighted by atomic mass is 10.1. The van der Waals surface area contributed by atoms with Gasteiger partial charge in [-0.25, -0.2) is 9.78 Å². The molecule has 0 aliphatic carbocycles. The number of hydrogen-bond donors (Lipinski definition) is 2. The van der Waals surface area contributed by atoms with Crippen molar-refractivity contribution in [2.24, 2.45) is 0 Å². The van der Waals surface area contributed by atoms with Gasteiger partial charge in [-0.05, 0) is 31.4 Å². The highest BCUT2D eigenvalue weighted by atomic mass is 32.2. The number of carboxylic acid groups (broad SMARTS) is 1. The first-order valence-corrected chi connectivity index (χ1v) is 11.4.